The van der Waals surface area contributed by atoms with E-state index in [1.54, 1.807) is 0 Å². The first kappa shape index (κ1) is 10.6. The molecule has 0 aliphatic carbocycles. The molecule has 0 saturated carbocycles. The summed E-state index contributed by atoms with van der Waals surface area (Å²) in [6, 6.07) is 0. The lowest BCUT2D eigenvalue weighted by molar-refractivity contribution is -0.00436. The van der Waals surface area contributed by atoms with Gasteiger partial charge in [-0.2, -0.15) is 8.78 Å². The van der Waals surface area contributed by atoms with Crippen LogP contribution in [0.4, 0.5) is 26.3 Å². The molecule has 67 valence electrons. The quantitative estimate of drug-likeness (QED) is 0.582. The van der Waals surface area contributed by atoms with E-state index in [9.17, 15) is 26.3 Å². The van der Waals surface area contributed by atoms with Crippen LogP contribution in [0.15, 0.2) is 0 Å². The molecule has 2 unspecified atom stereocenters. The monoisotopic (exact) mass is 179 g/mol. The van der Waals surface area contributed by atoms with Crippen LogP contribution in [0.1, 0.15) is 6.42 Å². The largest absolute Gasteiger partial charge is 0.313 e. The van der Waals surface area contributed by atoms with E-state index >= 15 is 0 Å². The Morgan fingerprint density at radius 3 is 1.73 bits per heavy atom. The summed E-state index contributed by atoms with van der Waals surface area (Å²) in [6.07, 6.45) is -13.5. The van der Waals surface area contributed by atoms with Crippen molar-refractivity contribution in [2.75, 3.05) is 0 Å². The zero-order valence-corrected chi connectivity index (χ0v) is 5.21. The average Bonchev–Trinajstić information content (AvgIpc) is 1.84. The number of rotatable bonds is 4. The minimum Gasteiger partial charge on any atom is -0.244 e. The molecule has 0 fully saturated rings. The van der Waals surface area contributed by atoms with Crippen molar-refractivity contribution in [3.63, 3.8) is 0 Å². The van der Waals surface area contributed by atoms with Crippen molar-refractivity contribution < 1.29 is 26.3 Å². The van der Waals surface area contributed by atoms with E-state index in [-0.39, 0.29) is 0 Å². The Morgan fingerprint density at radius 1 is 1.00 bits per heavy atom. The molecule has 0 heterocycles. The molecule has 0 aromatic heterocycles. The Morgan fingerprint density at radius 2 is 1.45 bits per heavy atom. The van der Waals surface area contributed by atoms with E-state index in [1.165, 1.54) is 0 Å². The lowest BCUT2D eigenvalue weighted by atomic mass is 10.2. The summed E-state index contributed by atoms with van der Waals surface area (Å²) < 4.78 is 68.6. The summed E-state index contributed by atoms with van der Waals surface area (Å²) in [5.41, 5.74) is 0. The fraction of sp³-hybridized carbons (Fsp3) is 0.800. The van der Waals surface area contributed by atoms with E-state index in [1.807, 2.05) is 0 Å². The van der Waals surface area contributed by atoms with Crippen LogP contribution in [0.25, 0.3) is 0 Å². The van der Waals surface area contributed by atoms with Gasteiger partial charge in [0, 0.05) is 0 Å². The lowest BCUT2D eigenvalue weighted by Crippen LogP contribution is -2.25. The first-order valence-corrected chi connectivity index (χ1v) is 2.68. The van der Waals surface area contributed by atoms with E-state index in [2.05, 4.69) is 0 Å². The van der Waals surface area contributed by atoms with E-state index in [0.29, 0.717) is 0 Å². The summed E-state index contributed by atoms with van der Waals surface area (Å²) in [5, 5.41) is 0. The smallest absolute Gasteiger partial charge is 0.244 e. The number of hydrogen-bond donors (Lipinski definition) is 0. The highest BCUT2D eigenvalue weighted by Gasteiger charge is 2.32. The molecule has 0 amide bonds. The van der Waals surface area contributed by atoms with Crippen molar-refractivity contribution in [3.8, 4) is 0 Å². The fourth-order valence-electron chi connectivity index (χ4n) is 0.418. The predicted octanol–water partition coefficient (Wildman–Crippen LogP) is 2.75. The molecule has 11 heavy (non-hydrogen) atoms. The Labute approximate surface area is 59.2 Å². The molecule has 1 radical (unpaired) electrons. The predicted molar refractivity (Wildman–Crippen MR) is 25.9 cm³/mol. The van der Waals surface area contributed by atoms with Gasteiger partial charge in [0.05, 0.1) is 6.42 Å². The molecule has 6 heteroatoms. The molecule has 0 aromatic rings. The summed E-state index contributed by atoms with van der Waals surface area (Å²) >= 11 is 0. The van der Waals surface area contributed by atoms with Crippen LogP contribution in [0, 0.1) is 6.43 Å². The normalized spacial score (nSPS) is 17.5. The highest BCUT2D eigenvalue weighted by atomic mass is 19.3. The van der Waals surface area contributed by atoms with Crippen LogP contribution in [0.5, 0.6) is 0 Å². The van der Waals surface area contributed by atoms with Crippen LogP contribution in [-0.2, 0) is 0 Å². The van der Waals surface area contributed by atoms with E-state index in [0.717, 1.165) is 0 Å². The molecule has 0 nitrogen and oxygen atoms in total. The average molecular weight is 179 g/mol. The van der Waals surface area contributed by atoms with Crippen LogP contribution >= 0.6 is 0 Å². The Kier molecular flexibility index (Phi) is 4.29. The molecule has 0 saturated heterocycles. The summed E-state index contributed by atoms with van der Waals surface area (Å²) in [5.74, 6) is 0. The topological polar surface area (TPSA) is 0 Å². The van der Waals surface area contributed by atoms with Gasteiger partial charge >= 0.3 is 6.43 Å². The lowest BCUT2D eigenvalue weighted by Gasteiger charge is -2.10. The van der Waals surface area contributed by atoms with Gasteiger partial charge in [-0.15, -0.1) is 0 Å². The van der Waals surface area contributed by atoms with Crippen molar-refractivity contribution in [3.05, 3.63) is 6.43 Å². The van der Waals surface area contributed by atoms with Crippen LogP contribution in [-0.4, -0.2) is 18.8 Å². The standard InChI is InChI=1S/C5H5F6/c6-2(1-3(7)8)4(9)5(10)11/h2,4-5H,1H2. The Hall–Kier alpha value is -0.420. The zero-order chi connectivity index (χ0) is 9.02. The number of halogens is 6. The van der Waals surface area contributed by atoms with Gasteiger partial charge in [0.1, 0.15) is 6.17 Å². The van der Waals surface area contributed by atoms with Crippen molar-refractivity contribution >= 4 is 0 Å². The third-order valence-electron chi connectivity index (χ3n) is 0.936. The Bertz CT molecular complexity index is 103. The molecule has 0 aliphatic heterocycles. The van der Waals surface area contributed by atoms with Gasteiger partial charge in [0.2, 0.25) is 0 Å². The highest BCUT2D eigenvalue weighted by Crippen LogP contribution is 2.22. The second-order valence-electron chi connectivity index (χ2n) is 1.84. The minimum atomic E-state index is -3.55. The van der Waals surface area contributed by atoms with Crippen LogP contribution < -0.4 is 0 Å². The molecule has 0 spiro atoms. The molecule has 0 rings (SSSR count). The molecule has 0 N–H and O–H groups in total. The van der Waals surface area contributed by atoms with Gasteiger partial charge in [-0.25, -0.2) is 17.6 Å². The SMILES string of the molecule is F[C](F)CC(F)C(F)C(F)F. The summed E-state index contributed by atoms with van der Waals surface area (Å²) in [7, 11) is 0. The number of alkyl halides is 4. The Balaban J connectivity index is 3.73. The first-order valence-electron chi connectivity index (χ1n) is 2.68. The molecule has 0 bridgehead atoms. The maximum Gasteiger partial charge on any atom is 0.313 e. The van der Waals surface area contributed by atoms with E-state index < -0.39 is 31.6 Å². The van der Waals surface area contributed by atoms with Gasteiger partial charge in [-0.05, 0) is 0 Å². The first-order chi connectivity index (χ1) is 4.95. The molecular weight excluding hydrogens is 174 g/mol. The maximum absolute atomic E-state index is 11.9. The fourth-order valence-corrected chi connectivity index (χ4v) is 0.418. The summed E-state index contributed by atoms with van der Waals surface area (Å²) in [4.78, 5) is 0. The highest BCUT2D eigenvalue weighted by molar-refractivity contribution is 4.76. The second-order valence-corrected chi connectivity index (χ2v) is 1.84. The second kappa shape index (κ2) is 4.46. The van der Waals surface area contributed by atoms with Gasteiger partial charge in [-0.1, -0.05) is 0 Å². The maximum atomic E-state index is 11.9. The van der Waals surface area contributed by atoms with Gasteiger partial charge in [0.25, 0.3) is 6.43 Å². The van der Waals surface area contributed by atoms with E-state index in [4.69, 9.17) is 0 Å². The third kappa shape index (κ3) is 4.10. The van der Waals surface area contributed by atoms with Crippen molar-refractivity contribution in [2.24, 2.45) is 0 Å². The van der Waals surface area contributed by atoms with Crippen molar-refractivity contribution in [2.45, 2.75) is 25.2 Å². The van der Waals surface area contributed by atoms with Crippen molar-refractivity contribution in [1.82, 2.24) is 0 Å². The molecule has 0 aromatic carbocycles. The molecular formula is C5H5F6. The van der Waals surface area contributed by atoms with Gasteiger partial charge in [-0.3, -0.25) is 0 Å². The van der Waals surface area contributed by atoms with Gasteiger partial charge in [0.15, 0.2) is 6.17 Å². The van der Waals surface area contributed by atoms with Gasteiger partial charge < -0.3 is 0 Å². The number of hydrogen-bond acceptors (Lipinski definition) is 0. The third-order valence-corrected chi connectivity index (χ3v) is 0.936. The van der Waals surface area contributed by atoms with Crippen molar-refractivity contribution in [1.29, 1.82) is 0 Å². The minimum absolute atomic E-state index is 1.56. The molecule has 0 aliphatic rings. The molecule has 2 atom stereocenters. The van der Waals surface area contributed by atoms with Crippen LogP contribution in [0.2, 0.25) is 0 Å². The zero-order valence-electron chi connectivity index (χ0n) is 5.21. The summed E-state index contributed by atoms with van der Waals surface area (Å²) in [6.45, 7) is 0. The van der Waals surface area contributed by atoms with Crippen LogP contribution in [0.3, 0.4) is 0 Å².